The maximum Gasteiger partial charge on any atom is 0.233 e. The number of aromatic amines is 1. The van der Waals surface area contributed by atoms with Gasteiger partial charge in [0.1, 0.15) is 11.5 Å². The number of ether oxygens (including phenoxy) is 2. The van der Waals surface area contributed by atoms with Crippen molar-refractivity contribution in [3.05, 3.63) is 18.2 Å². The molecule has 1 aromatic heterocycles. The number of aromatic nitrogens is 3. The fourth-order valence-corrected chi connectivity index (χ4v) is 6.98. The van der Waals surface area contributed by atoms with Crippen LogP contribution in [-0.4, -0.2) is 46.1 Å². The molecule has 2 N–H and O–H groups in total. The van der Waals surface area contributed by atoms with Crippen LogP contribution < -0.4 is 14.8 Å². The summed E-state index contributed by atoms with van der Waals surface area (Å²) in [5.41, 5.74) is 0.828. The Morgan fingerprint density at radius 1 is 1.16 bits per heavy atom. The zero-order valence-corrected chi connectivity index (χ0v) is 19.1. The normalized spacial score (nSPS) is 29.6. The highest BCUT2D eigenvalue weighted by Crippen LogP contribution is 2.55. The van der Waals surface area contributed by atoms with Gasteiger partial charge in [-0.3, -0.25) is 9.89 Å². The fraction of sp³-hybridized carbons (Fsp3) is 0.609. The highest BCUT2D eigenvalue weighted by atomic mass is 32.2. The van der Waals surface area contributed by atoms with E-state index in [9.17, 15) is 4.79 Å². The predicted octanol–water partition coefficient (Wildman–Crippen LogP) is 4.05. The van der Waals surface area contributed by atoms with E-state index < -0.39 is 0 Å². The van der Waals surface area contributed by atoms with Gasteiger partial charge in [0.2, 0.25) is 11.1 Å². The van der Waals surface area contributed by atoms with Gasteiger partial charge >= 0.3 is 0 Å². The molecular weight excluding hydrogens is 412 g/mol. The summed E-state index contributed by atoms with van der Waals surface area (Å²) in [6, 6.07) is 5.55. The van der Waals surface area contributed by atoms with E-state index in [1.807, 2.05) is 25.1 Å². The molecule has 1 atom stereocenters. The molecule has 1 amide bonds. The SMILES string of the molecule is COc1ccc(-c2nc(SC(C)C(=O)NC34CC5CC(CC(C5)C3)C4)n[nH]2)c(OC)c1. The molecule has 1 aromatic carbocycles. The molecule has 6 rings (SSSR count). The smallest absolute Gasteiger partial charge is 0.233 e. The first kappa shape index (κ1) is 20.7. The third-order valence-corrected chi connectivity index (χ3v) is 8.17. The summed E-state index contributed by atoms with van der Waals surface area (Å²) < 4.78 is 10.7. The highest BCUT2D eigenvalue weighted by molar-refractivity contribution is 8.00. The average Bonchev–Trinajstić information content (AvgIpc) is 3.20. The molecule has 0 saturated heterocycles. The lowest BCUT2D eigenvalue weighted by atomic mass is 9.53. The van der Waals surface area contributed by atoms with E-state index in [2.05, 4.69) is 20.5 Å². The zero-order chi connectivity index (χ0) is 21.6. The second-order valence-corrected chi connectivity index (χ2v) is 10.8. The van der Waals surface area contributed by atoms with Crippen molar-refractivity contribution in [3.63, 3.8) is 0 Å². The van der Waals surface area contributed by atoms with Crippen LogP contribution in [0, 0.1) is 17.8 Å². The summed E-state index contributed by atoms with van der Waals surface area (Å²) in [6.07, 6.45) is 7.58. The second-order valence-electron chi connectivity index (χ2n) is 9.48. The minimum absolute atomic E-state index is 0.0290. The van der Waals surface area contributed by atoms with Gasteiger partial charge in [-0.05, 0) is 75.3 Å². The van der Waals surface area contributed by atoms with Gasteiger partial charge in [0.25, 0.3) is 0 Å². The molecule has 166 valence electrons. The number of thioether (sulfide) groups is 1. The van der Waals surface area contributed by atoms with Crippen LogP contribution in [0.2, 0.25) is 0 Å². The van der Waals surface area contributed by atoms with Crippen LogP contribution in [0.3, 0.4) is 0 Å². The van der Waals surface area contributed by atoms with Gasteiger partial charge < -0.3 is 14.8 Å². The number of amides is 1. The van der Waals surface area contributed by atoms with Crippen LogP contribution in [0.15, 0.2) is 23.4 Å². The summed E-state index contributed by atoms with van der Waals surface area (Å²) >= 11 is 1.39. The zero-order valence-electron chi connectivity index (χ0n) is 18.3. The molecule has 4 aliphatic carbocycles. The van der Waals surface area contributed by atoms with E-state index in [1.54, 1.807) is 14.2 Å². The minimum atomic E-state index is -0.255. The quantitative estimate of drug-likeness (QED) is 0.629. The van der Waals surface area contributed by atoms with Gasteiger partial charge in [0.15, 0.2) is 5.82 Å². The molecular formula is C23H30N4O3S. The summed E-state index contributed by atoms with van der Waals surface area (Å²) in [7, 11) is 3.23. The third kappa shape index (κ3) is 4.02. The Kier molecular flexibility index (Phi) is 5.36. The van der Waals surface area contributed by atoms with Crippen molar-refractivity contribution in [2.75, 3.05) is 14.2 Å². The molecule has 2 aromatic rings. The van der Waals surface area contributed by atoms with Crippen LogP contribution in [0.25, 0.3) is 11.4 Å². The summed E-state index contributed by atoms with van der Waals surface area (Å²) in [5, 5.41) is 11.0. The number of carbonyl (C=O) groups excluding carboxylic acids is 1. The van der Waals surface area contributed by atoms with E-state index in [-0.39, 0.29) is 16.7 Å². The van der Waals surface area contributed by atoms with Gasteiger partial charge in [0, 0.05) is 11.6 Å². The molecule has 0 radical (unpaired) electrons. The predicted molar refractivity (Wildman–Crippen MR) is 119 cm³/mol. The second kappa shape index (κ2) is 8.04. The van der Waals surface area contributed by atoms with Crippen LogP contribution >= 0.6 is 11.8 Å². The number of benzene rings is 1. The first-order valence-electron chi connectivity index (χ1n) is 11.1. The van der Waals surface area contributed by atoms with Crippen molar-refractivity contribution >= 4 is 17.7 Å². The largest absolute Gasteiger partial charge is 0.497 e. The molecule has 8 heteroatoms. The van der Waals surface area contributed by atoms with E-state index in [0.717, 1.165) is 42.6 Å². The average molecular weight is 443 g/mol. The molecule has 0 spiro atoms. The maximum atomic E-state index is 13.0. The Morgan fingerprint density at radius 2 is 1.84 bits per heavy atom. The van der Waals surface area contributed by atoms with Crippen molar-refractivity contribution in [2.24, 2.45) is 17.8 Å². The number of nitrogens with zero attached hydrogens (tertiary/aromatic N) is 2. The van der Waals surface area contributed by atoms with Crippen LogP contribution in [-0.2, 0) is 4.79 Å². The molecule has 0 aliphatic heterocycles. The Balaban J connectivity index is 1.25. The first-order valence-corrected chi connectivity index (χ1v) is 12.0. The molecule has 7 nitrogen and oxygen atoms in total. The van der Waals surface area contributed by atoms with Crippen molar-refractivity contribution in [1.29, 1.82) is 0 Å². The van der Waals surface area contributed by atoms with Crippen LogP contribution in [0.4, 0.5) is 0 Å². The van der Waals surface area contributed by atoms with Gasteiger partial charge in [-0.2, -0.15) is 0 Å². The third-order valence-electron chi connectivity index (χ3n) is 7.21. The number of hydrogen-bond donors (Lipinski definition) is 2. The lowest BCUT2D eigenvalue weighted by Gasteiger charge is -2.57. The van der Waals surface area contributed by atoms with E-state index in [4.69, 9.17) is 9.47 Å². The van der Waals surface area contributed by atoms with Gasteiger partial charge in [-0.25, -0.2) is 4.98 Å². The molecule has 4 fully saturated rings. The lowest BCUT2D eigenvalue weighted by molar-refractivity contribution is -0.126. The Morgan fingerprint density at radius 3 is 2.45 bits per heavy atom. The van der Waals surface area contributed by atoms with Crippen LogP contribution in [0.1, 0.15) is 45.4 Å². The summed E-state index contributed by atoms with van der Waals surface area (Å²) in [5.74, 6) is 4.50. The lowest BCUT2D eigenvalue weighted by Crippen LogP contribution is -2.60. The molecule has 1 heterocycles. The molecule has 4 saturated carbocycles. The van der Waals surface area contributed by atoms with Gasteiger partial charge in [-0.1, -0.05) is 11.8 Å². The van der Waals surface area contributed by atoms with Gasteiger partial charge in [0.05, 0.1) is 25.0 Å². The first-order chi connectivity index (χ1) is 15.0. The number of methoxy groups -OCH3 is 2. The highest BCUT2D eigenvalue weighted by Gasteiger charge is 2.51. The number of nitrogens with one attached hydrogen (secondary N) is 2. The van der Waals surface area contributed by atoms with E-state index >= 15 is 0 Å². The topological polar surface area (TPSA) is 89.1 Å². The Hall–Kier alpha value is -2.22. The summed E-state index contributed by atoms with van der Waals surface area (Å²) in [6.45, 7) is 1.94. The fourth-order valence-electron chi connectivity index (χ4n) is 6.25. The molecule has 1 unspecified atom stereocenters. The van der Waals surface area contributed by atoms with Crippen molar-refractivity contribution in [1.82, 2.24) is 20.5 Å². The Bertz CT molecular complexity index is 940. The number of rotatable bonds is 7. The van der Waals surface area contributed by atoms with Gasteiger partial charge in [-0.15, -0.1) is 5.10 Å². The maximum absolute atomic E-state index is 13.0. The van der Waals surface area contributed by atoms with E-state index in [1.165, 1.54) is 31.0 Å². The molecule has 31 heavy (non-hydrogen) atoms. The number of carbonyl (C=O) groups is 1. The van der Waals surface area contributed by atoms with E-state index in [0.29, 0.717) is 22.5 Å². The van der Waals surface area contributed by atoms with Crippen molar-refractivity contribution < 1.29 is 14.3 Å². The minimum Gasteiger partial charge on any atom is -0.497 e. The van der Waals surface area contributed by atoms with Crippen LogP contribution in [0.5, 0.6) is 11.5 Å². The van der Waals surface area contributed by atoms with Crippen molar-refractivity contribution in [2.45, 2.75) is 61.4 Å². The standard InChI is InChI=1S/C23H30N4O3S/c1-13(21(28)25-23-10-14-6-15(11-23)8-16(7-14)12-23)31-22-24-20(26-27-22)18-5-4-17(29-2)9-19(18)30-3/h4-5,9,13-16H,6-8,10-12H2,1-3H3,(H,25,28)(H,24,26,27). The van der Waals surface area contributed by atoms with Crippen molar-refractivity contribution in [3.8, 4) is 22.9 Å². The number of hydrogen-bond acceptors (Lipinski definition) is 6. The molecule has 4 bridgehead atoms. The monoisotopic (exact) mass is 442 g/mol. The Labute approximate surface area is 187 Å². The number of H-pyrrole nitrogens is 1. The molecule has 4 aliphatic rings. The summed E-state index contributed by atoms with van der Waals surface area (Å²) in [4.78, 5) is 17.6.